The van der Waals surface area contributed by atoms with Crippen LogP contribution >= 0.6 is 11.6 Å². The van der Waals surface area contributed by atoms with Crippen LogP contribution in [0.5, 0.6) is 5.75 Å². The summed E-state index contributed by atoms with van der Waals surface area (Å²) in [5, 5.41) is 6.10. The summed E-state index contributed by atoms with van der Waals surface area (Å²) < 4.78 is 5.74. The lowest BCUT2D eigenvalue weighted by atomic mass is 10.1. The van der Waals surface area contributed by atoms with E-state index in [0.717, 1.165) is 11.3 Å². The van der Waals surface area contributed by atoms with Crippen molar-refractivity contribution in [2.45, 2.75) is 12.6 Å². The number of carbonyl (C=O) groups excluding carboxylic acids is 2. The minimum Gasteiger partial charge on any atom is -0.477 e. The number of benzene rings is 2. The first-order valence-corrected chi connectivity index (χ1v) is 8.68. The van der Waals surface area contributed by atoms with E-state index < -0.39 is 6.10 Å². The lowest BCUT2D eigenvalue weighted by Crippen LogP contribution is -2.50. The molecular weight excluding hydrogens is 354 g/mol. The third-order valence-electron chi connectivity index (χ3n) is 4.11. The van der Waals surface area contributed by atoms with Crippen LogP contribution in [0.25, 0.3) is 0 Å². The molecule has 2 amide bonds. The van der Waals surface area contributed by atoms with Crippen molar-refractivity contribution in [3.63, 3.8) is 0 Å². The van der Waals surface area contributed by atoms with Gasteiger partial charge in [-0.3, -0.25) is 9.59 Å². The van der Waals surface area contributed by atoms with E-state index in [9.17, 15) is 9.59 Å². The summed E-state index contributed by atoms with van der Waals surface area (Å²) in [5.41, 5.74) is 1.72. The molecule has 2 aromatic carbocycles. The molecule has 0 unspecified atom stereocenters. The number of likely N-dealkylation sites (N-methyl/N-ethyl adjacent to an activating group) is 1. The van der Waals surface area contributed by atoms with Crippen LogP contribution in [0, 0.1) is 0 Å². The molecule has 0 bridgehead atoms. The minimum atomic E-state index is -0.657. The molecule has 3 rings (SSSR count). The zero-order valence-electron chi connectivity index (χ0n) is 14.4. The molecule has 1 aliphatic heterocycles. The molecule has 1 atom stereocenters. The summed E-state index contributed by atoms with van der Waals surface area (Å²) >= 11 is 5.96. The lowest BCUT2D eigenvalue weighted by Gasteiger charge is -2.35. The minimum absolute atomic E-state index is 0.133. The number of rotatable bonds is 5. The van der Waals surface area contributed by atoms with Crippen molar-refractivity contribution in [2.24, 2.45) is 0 Å². The zero-order chi connectivity index (χ0) is 18.5. The third-order valence-corrected chi connectivity index (χ3v) is 4.35. The molecule has 136 valence electrons. The van der Waals surface area contributed by atoms with E-state index in [2.05, 4.69) is 10.6 Å². The summed E-state index contributed by atoms with van der Waals surface area (Å²) in [5.74, 6) is 0.233. The predicted octanol–water partition coefficient (Wildman–Crippen LogP) is 1.97. The second-order valence-electron chi connectivity index (χ2n) is 5.98. The van der Waals surface area contributed by atoms with E-state index in [0.29, 0.717) is 23.9 Å². The molecule has 1 heterocycles. The van der Waals surface area contributed by atoms with Crippen LogP contribution in [0.2, 0.25) is 5.02 Å². The standard InChI is InChI=1S/C19H20ClN3O3/c1-21-19(25)17-11-23(15-7-2-3-8-16(15)26-17)12-18(24)22-10-13-5-4-6-14(20)9-13/h2-9,17H,10-12H2,1H3,(H,21,25)(H,22,24)/t17-/m1/s1. The van der Waals surface area contributed by atoms with Crippen LogP contribution in [-0.2, 0) is 16.1 Å². The normalized spacial score (nSPS) is 15.6. The first-order valence-electron chi connectivity index (χ1n) is 8.30. The summed E-state index contributed by atoms with van der Waals surface area (Å²) in [7, 11) is 1.56. The fourth-order valence-corrected chi connectivity index (χ4v) is 3.04. The van der Waals surface area contributed by atoms with Crippen LogP contribution in [0.1, 0.15) is 5.56 Å². The predicted molar refractivity (Wildman–Crippen MR) is 100 cm³/mol. The second-order valence-corrected chi connectivity index (χ2v) is 6.41. The molecule has 0 spiro atoms. The van der Waals surface area contributed by atoms with Gasteiger partial charge in [-0.15, -0.1) is 0 Å². The number of nitrogens with zero attached hydrogens (tertiary/aromatic N) is 1. The third kappa shape index (κ3) is 4.26. The Hall–Kier alpha value is -2.73. The number of anilines is 1. The van der Waals surface area contributed by atoms with E-state index in [1.807, 2.05) is 41.3 Å². The first kappa shape index (κ1) is 18.1. The van der Waals surface area contributed by atoms with E-state index in [4.69, 9.17) is 16.3 Å². The summed E-state index contributed by atoms with van der Waals surface area (Å²) in [6, 6.07) is 14.7. The largest absolute Gasteiger partial charge is 0.477 e. The Bertz CT molecular complexity index is 812. The number of nitrogens with one attached hydrogen (secondary N) is 2. The summed E-state index contributed by atoms with van der Waals surface area (Å²) in [4.78, 5) is 26.2. The van der Waals surface area contributed by atoms with Gasteiger partial charge in [0.05, 0.1) is 18.8 Å². The number of para-hydroxylation sites is 2. The zero-order valence-corrected chi connectivity index (χ0v) is 15.1. The van der Waals surface area contributed by atoms with Gasteiger partial charge in [-0.25, -0.2) is 0 Å². The van der Waals surface area contributed by atoms with Crippen LogP contribution in [0.4, 0.5) is 5.69 Å². The molecule has 0 aliphatic carbocycles. The maximum Gasteiger partial charge on any atom is 0.262 e. The van der Waals surface area contributed by atoms with Crippen molar-refractivity contribution >= 4 is 29.1 Å². The summed E-state index contributed by atoms with van der Waals surface area (Å²) in [6.45, 7) is 0.833. The topological polar surface area (TPSA) is 70.7 Å². The number of hydrogen-bond acceptors (Lipinski definition) is 4. The molecule has 0 radical (unpaired) electrons. The van der Waals surface area contributed by atoms with Crippen molar-refractivity contribution in [3.05, 3.63) is 59.1 Å². The SMILES string of the molecule is CNC(=O)[C@H]1CN(CC(=O)NCc2cccc(Cl)c2)c2ccccc2O1. The van der Waals surface area contributed by atoms with Crippen molar-refractivity contribution in [2.75, 3.05) is 25.0 Å². The molecule has 7 heteroatoms. The molecular formula is C19H20ClN3O3. The number of fused-ring (bicyclic) bond motifs is 1. The van der Waals surface area contributed by atoms with Gasteiger partial charge in [0.1, 0.15) is 5.75 Å². The lowest BCUT2D eigenvalue weighted by molar-refractivity contribution is -0.127. The van der Waals surface area contributed by atoms with Crippen LogP contribution < -0.4 is 20.3 Å². The molecule has 0 saturated carbocycles. The molecule has 2 aromatic rings. The molecule has 6 nitrogen and oxygen atoms in total. The average molecular weight is 374 g/mol. The Balaban J connectivity index is 1.67. The van der Waals surface area contributed by atoms with E-state index in [1.54, 1.807) is 19.2 Å². The highest BCUT2D eigenvalue weighted by Gasteiger charge is 2.30. The number of carbonyl (C=O) groups is 2. The van der Waals surface area contributed by atoms with Gasteiger partial charge >= 0.3 is 0 Å². The van der Waals surface area contributed by atoms with Gasteiger partial charge in [0.2, 0.25) is 5.91 Å². The Morgan fingerprint density at radius 3 is 2.81 bits per heavy atom. The number of hydrogen-bond donors (Lipinski definition) is 2. The highest BCUT2D eigenvalue weighted by molar-refractivity contribution is 6.30. The van der Waals surface area contributed by atoms with E-state index in [1.165, 1.54) is 0 Å². The average Bonchev–Trinajstić information content (AvgIpc) is 2.65. The Morgan fingerprint density at radius 1 is 1.23 bits per heavy atom. The highest BCUT2D eigenvalue weighted by Crippen LogP contribution is 2.32. The van der Waals surface area contributed by atoms with Gasteiger partial charge in [-0.2, -0.15) is 0 Å². The monoisotopic (exact) mass is 373 g/mol. The van der Waals surface area contributed by atoms with Gasteiger partial charge in [0.25, 0.3) is 5.91 Å². The van der Waals surface area contributed by atoms with E-state index >= 15 is 0 Å². The number of halogens is 1. The number of amides is 2. The van der Waals surface area contributed by atoms with Crippen molar-refractivity contribution < 1.29 is 14.3 Å². The molecule has 0 aromatic heterocycles. The summed E-state index contributed by atoms with van der Waals surface area (Å²) in [6.07, 6.45) is -0.657. The maximum absolute atomic E-state index is 12.4. The fraction of sp³-hybridized carbons (Fsp3) is 0.263. The van der Waals surface area contributed by atoms with Crippen LogP contribution in [-0.4, -0.2) is 38.1 Å². The highest BCUT2D eigenvalue weighted by atomic mass is 35.5. The van der Waals surface area contributed by atoms with Gasteiger partial charge in [-0.1, -0.05) is 35.9 Å². The van der Waals surface area contributed by atoms with Crippen molar-refractivity contribution in [1.29, 1.82) is 0 Å². The molecule has 0 fully saturated rings. The molecule has 0 saturated heterocycles. The Morgan fingerprint density at radius 2 is 2.04 bits per heavy atom. The quantitative estimate of drug-likeness (QED) is 0.840. The van der Waals surface area contributed by atoms with E-state index in [-0.39, 0.29) is 18.4 Å². The molecule has 2 N–H and O–H groups in total. The molecule has 1 aliphatic rings. The van der Waals surface area contributed by atoms with Gasteiger partial charge in [-0.05, 0) is 29.8 Å². The Labute approximate surface area is 157 Å². The second kappa shape index (κ2) is 8.10. The number of ether oxygens (including phenoxy) is 1. The van der Waals surface area contributed by atoms with Crippen molar-refractivity contribution in [3.8, 4) is 5.75 Å². The van der Waals surface area contributed by atoms with Crippen molar-refractivity contribution in [1.82, 2.24) is 10.6 Å². The maximum atomic E-state index is 12.4. The van der Waals surface area contributed by atoms with Crippen LogP contribution in [0.15, 0.2) is 48.5 Å². The first-order chi connectivity index (χ1) is 12.6. The van der Waals surface area contributed by atoms with Crippen LogP contribution in [0.3, 0.4) is 0 Å². The van der Waals surface area contributed by atoms with Gasteiger partial charge < -0.3 is 20.3 Å². The fourth-order valence-electron chi connectivity index (χ4n) is 2.83. The Kier molecular flexibility index (Phi) is 5.63. The smallest absolute Gasteiger partial charge is 0.262 e. The molecule has 26 heavy (non-hydrogen) atoms. The van der Waals surface area contributed by atoms with Gasteiger partial charge in [0, 0.05) is 18.6 Å². The van der Waals surface area contributed by atoms with Gasteiger partial charge in [0.15, 0.2) is 6.10 Å².